The predicted molar refractivity (Wildman–Crippen MR) is 77.2 cm³/mol. The van der Waals surface area contributed by atoms with Gasteiger partial charge in [-0.3, -0.25) is 9.88 Å². The highest BCUT2D eigenvalue weighted by Crippen LogP contribution is 2.29. The van der Waals surface area contributed by atoms with E-state index in [4.69, 9.17) is 0 Å². The van der Waals surface area contributed by atoms with Gasteiger partial charge < -0.3 is 0 Å². The standard InChI is InChI=1S/C14H18F3N3O2S/c15-14(16,17)13-5-4-12(9-18-13)23(21,22)20-8-7-19-6-2-1-3-11(19)10-20/h4-5,9,11H,1-3,6-8,10H2/t11-/m0/s1. The minimum atomic E-state index is -4.57. The molecule has 1 aromatic heterocycles. The van der Waals surface area contributed by atoms with Crippen LogP contribution in [0.1, 0.15) is 25.0 Å². The zero-order valence-electron chi connectivity index (χ0n) is 12.5. The first kappa shape index (κ1) is 16.7. The quantitative estimate of drug-likeness (QED) is 0.819. The number of alkyl halides is 3. The van der Waals surface area contributed by atoms with Crippen LogP contribution in [0.25, 0.3) is 0 Å². The number of aromatic nitrogens is 1. The van der Waals surface area contributed by atoms with Crippen LogP contribution in [0, 0.1) is 0 Å². The van der Waals surface area contributed by atoms with Crippen molar-refractivity contribution in [2.45, 2.75) is 36.4 Å². The van der Waals surface area contributed by atoms with Gasteiger partial charge in [-0.15, -0.1) is 0 Å². The molecule has 3 rings (SSSR count). The summed E-state index contributed by atoms with van der Waals surface area (Å²) in [7, 11) is -3.80. The van der Waals surface area contributed by atoms with Crippen molar-refractivity contribution in [2.24, 2.45) is 0 Å². The van der Waals surface area contributed by atoms with E-state index in [2.05, 4.69) is 9.88 Å². The number of halogens is 3. The van der Waals surface area contributed by atoms with E-state index in [1.54, 1.807) is 0 Å². The highest BCUT2D eigenvalue weighted by Gasteiger charge is 2.36. The number of sulfonamides is 1. The van der Waals surface area contributed by atoms with E-state index in [0.717, 1.165) is 38.1 Å². The van der Waals surface area contributed by atoms with Crippen LogP contribution in [0.4, 0.5) is 13.2 Å². The number of fused-ring (bicyclic) bond motifs is 1. The molecule has 23 heavy (non-hydrogen) atoms. The van der Waals surface area contributed by atoms with Gasteiger partial charge in [-0.2, -0.15) is 17.5 Å². The van der Waals surface area contributed by atoms with Gasteiger partial charge in [0, 0.05) is 31.9 Å². The molecule has 0 spiro atoms. The third-order valence-corrected chi connectivity index (χ3v) is 6.31. The molecule has 0 aromatic carbocycles. The molecule has 3 heterocycles. The third kappa shape index (κ3) is 3.36. The maximum absolute atomic E-state index is 12.6. The molecule has 0 aliphatic carbocycles. The molecule has 2 aliphatic heterocycles. The number of piperidine rings is 1. The summed E-state index contributed by atoms with van der Waals surface area (Å²) in [4.78, 5) is 5.36. The van der Waals surface area contributed by atoms with Gasteiger partial charge in [-0.25, -0.2) is 8.42 Å². The van der Waals surface area contributed by atoms with Crippen molar-refractivity contribution in [3.63, 3.8) is 0 Å². The second kappa shape index (κ2) is 6.03. The van der Waals surface area contributed by atoms with Gasteiger partial charge in [-0.05, 0) is 31.5 Å². The van der Waals surface area contributed by atoms with Crippen LogP contribution in [0.15, 0.2) is 23.2 Å². The summed E-state index contributed by atoms with van der Waals surface area (Å²) in [6.45, 7) is 2.40. The van der Waals surface area contributed by atoms with Crippen LogP contribution >= 0.6 is 0 Å². The zero-order chi connectivity index (χ0) is 16.7. The molecule has 2 fully saturated rings. The highest BCUT2D eigenvalue weighted by atomic mass is 32.2. The molecule has 2 saturated heterocycles. The van der Waals surface area contributed by atoms with Crippen LogP contribution in [0.3, 0.4) is 0 Å². The summed E-state index contributed by atoms with van der Waals surface area (Å²) >= 11 is 0. The average molecular weight is 349 g/mol. The van der Waals surface area contributed by atoms with Crippen LogP contribution in [-0.4, -0.2) is 54.8 Å². The summed E-state index contributed by atoms with van der Waals surface area (Å²) in [5.74, 6) is 0. The molecule has 9 heteroatoms. The molecular formula is C14H18F3N3O2S. The van der Waals surface area contributed by atoms with Gasteiger partial charge in [0.1, 0.15) is 10.6 Å². The largest absolute Gasteiger partial charge is 0.433 e. The smallest absolute Gasteiger partial charge is 0.298 e. The minimum absolute atomic E-state index is 0.185. The molecule has 0 unspecified atom stereocenters. The molecule has 0 radical (unpaired) electrons. The van der Waals surface area contributed by atoms with Crippen molar-refractivity contribution in [3.05, 3.63) is 24.0 Å². The predicted octanol–water partition coefficient (Wildman–Crippen LogP) is 1.96. The Kier molecular flexibility index (Phi) is 4.37. The first-order valence-corrected chi connectivity index (χ1v) is 9.00. The Morgan fingerprint density at radius 2 is 1.91 bits per heavy atom. The molecule has 0 amide bonds. The average Bonchev–Trinajstić information content (AvgIpc) is 2.53. The maximum Gasteiger partial charge on any atom is 0.433 e. The monoisotopic (exact) mass is 349 g/mol. The maximum atomic E-state index is 12.6. The number of nitrogens with zero attached hydrogens (tertiary/aromatic N) is 3. The van der Waals surface area contributed by atoms with E-state index in [9.17, 15) is 21.6 Å². The number of hydrogen-bond acceptors (Lipinski definition) is 4. The lowest BCUT2D eigenvalue weighted by molar-refractivity contribution is -0.141. The summed E-state index contributed by atoms with van der Waals surface area (Å²) in [6, 6.07) is 1.90. The first-order chi connectivity index (χ1) is 10.8. The Balaban J connectivity index is 1.78. The van der Waals surface area contributed by atoms with Crippen LogP contribution < -0.4 is 0 Å². The van der Waals surface area contributed by atoms with Gasteiger partial charge in [-0.1, -0.05) is 6.42 Å². The van der Waals surface area contributed by atoms with E-state index in [-0.39, 0.29) is 10.9 Å². The van der Waals surface area contributed by atoms with Crippen LogP contribution in [0.5, 0.6) is 0 Å². The lowest BCUT2D eigenvalue weighted by Gasteiger charge is -2.43. The van der Waals surface area contributed by atoms with Crippen molar-refractivity contribution in [3.8, 4) is 0 Å². The second-order valence-corrected chi connectivity index (χ2v) is 7.86. The number of piperazine rings is 1. The van der Waals surface area contributed by atoms with Crippen LogP contribution in [0.2, 0.25) is 0 Å². The van der Waals surface area contributed by atoms with E-state index < -0.39 is 21.9 Å². The first-order valence-electron chi connectivity index (χ1n) is 7.56. The molecule has 2 aliphatic rings. The Morgan fingerprint density at radius 3 is 2.57 bits per heavy atom. The van der Waals surface area contributed by atoms with Crippen molar-refractivity contribution in [2.75, 3.05) is 26.2 Å². The Bertz CT molecular complexity index is 661. The lowest BCUT2D eigenvalue weighted by Crippen LogP contribution is -2.56. The van der Waals surface area contributed by atoms with Crippen molar-refractivity contribution >= 4 is 10.0 Å². The summed E-state index contributed by atoms with van der Waals surface area (Å²) in [5, 5.41) is 0. The van der Waals surface area contributed by atoms with Crippen molar-refractivity contribution in [1.29, 1.82) is 0 Å². The number of rotatable bonds is 2. The third-order valence-electron chi connectivity index (χ3n) is 4.46. The molecule has 1 atom stereocenters. The highest BCUT2D eigenvalue weighted by molar-refractivity contribution is 7.89. The molecule has 5 nitrogen and oxygen atoms in total. The SMILES string of the molecule is O=S(=O)(c1ccc(C(F)(F)F)nc1)N1CCN2CCCC[C@H]2C1. The Hall–Kier alpha value is -1.19. The topological polar surface area (TPSA) is 53.5 Å². The summed E-state index contributed by atoms with van der Waals surface area (Å²) in [5.41, 5.74) is -1.09. The van der Waals surface area contributed by atoms with E-state index in [1.165, 1.54) is 4.31 Å². The molecule has 0 bridgehead atoms. The van der Waals surface area contributed by atoms with Gasteiger partial charge in [0.2, 0.25) is 10.0 Å². The fourth-order valence-electron chi connectivity index (χ4n) is 3.20. The minimum Gasteiger partial charge on any atom is -0.298 e. The zero-order valence-corrected chi connectivity index (χ0v) is 13.3. The lowest BCUT2D eigenvalue weighted by atomic mass is 10.0. The van der Waals surface area contributed by atoms with Crippen molar-refractivity contribution in [1.82, 2.24) is 14.2 Å². The fourth-order valence-corrected chi connectivity index (χ4v) is 4.61. The number of hydrogen-bond donors (Lipinski definition) is 0. The summed E-state index contributed by atoms with van der Waals surface area (Å²) < 4.78 is 64.2. The van der Waals surface area contributed by atoms with Gasteiger partial charge >= 0.3 is 6.18 Å². The van der Waals surface area contributed by atoms with Gasteiger partial charge in [0.25, 0.3) is 0 Å². The van der Waals surface area contributed by atoms with E-state index >= 15 is 0 Å². The molecule has 128 valence electrons. The van der Waals surface area contributed by atoms with Crippen molar-refractivity contribution < 1.29 is 21.6 Å². The fraction of sp³-hybridized carbons (Fsp3) is 0.643. The second-order valence-electron chi connectivity index (χ2n) is 5.93. The van der Waals surface area contributed by atoms with Gasteiger partial charge in [0.15, 0.2) is 0 Å². The molecule has 0 N–H and O–H groups in total. The normalized spacial score (nSPS) is 24.4. The Morgan fingerprint density at radius 1 is 1.13 bits per heavy atom. The van der Waals surface area contributed by atoms with Gasteiger partial charge in [0.05, 0.1) is 0 Å². The van der Waals surface area contributed by atoms with E-state index in [1.807, 2.05) is 0 Å². The molecular weight excluding hydrogens is 331 g/mol. The summed E-state index contributed by atoms with van der Waals surface area (Å²) in [6.07, 6.45) is -0.609. The Labute approximate surface area is 133 Å². The van der Waals surface area contributed by atoms with Crippen LogP contribution in [-0.2, 0) is 16.2 Å². The number of pyridine rings is 1. The molecule has 1 aromatic rings. The van der Waals surface area contributed by atoms with E-state index in [0.29, 0.717) is 25.7 Å². The molecule has 0 saturated carbocycles.